The maximum absolute atomic E-state index is 13.4. The average Bonchev–Trinajstić information content (AvgIpc) is 2.90. The highest BCUT2D eigenvalue weighted by Crippen LogP contribution is 2.50. The van der Waals surface area contributed by atoms with Crippen LogP contribution in [0.2, 0.25) is 5.02 Å². The predicted octanol–water partition coefficient (Wildman–Crippen LogP) is 7.09. The van der Waals surface area contributed by atoms with Crippen LogP contribution in [0.4, 0.5) is 0 Å². The molecule has 5 rings (SSSR count). The van der Waals surface area contributed by atoms with E-state index >= 15 is 0 Å². The van der Waals surface area contributed by atoms with Gasteiger partial charge in [-0.25, -0.2) is 0 Å². The van der Waals surface area contributed by atoms with E-state index < -0.39 is 0 Å². The molecule has 0 radical (unpaired) electrons. The van der Waals surface area contributed by atoms with Crippen molar-refractivity contribution in [1.29, 1.82) is 0 Å². The summed E-state index contributed by atoms with van der Waals surface area (Å²) in [5.41, 5.74) is 6.49. The zero-order valence-electron chi connectivity index (χ0n) is 22.1. The maximum atomic E-state index is 13.4. The third-order valence-corrected chi connectivity index (χ3v) is 7.94. The minimum atomic E-state index is -0.384. The minimum Gasteiger partial charge on any atom is -0.490 e. The zero-order valence-corrected chi connectivity index (χ0v) is 22.9. The third kappa shape index (κ3) is 4.92. The fraction of sp³-hybridized carbons (Fsp3) is 0.375. The first kappa shape index (κ1) is 26.3. The van der Waals surface area contributed by atoms with Gasteiger partial charge in [0, 0.05) is 58.9 Å². The van der Waals surface area contributed by atoms with E-state index in [1.165, 1.54) is 0 Å². The number of hydrogen-bond acceptors (Lipinski definition) is 5. The van der Waals surface area contributed by atoms with E-state index in [4.69, 9.17) is 21.1 Å². The van der Waals surface area contributed by atoms with Gasteiger partial charge in [-0.3, -0.25) is 9.59 Å². The molecule has 6 heteroatoms. The quantitative estimate of drug-likeness (QED) is 0.340. The molecule has 2 aromatic rings. The Balaban J connectivity index is 1.64. The first-order valence-corrected chi connectivity index (χ1v) is 13.8. The van der Waals surface area contributed by atoms with Crippen molar-refractivity contribution in [3.63, 3.8) is 0 Å². The Morgan fingerprint density at radius 2 is 1.61 bits per heavy atom. The standard InChI is InChI=1S/C32H34ClNO4/c1-4-8-21-17-22(18-28(37-5-2)32(21)38-19-20-13-15-23(33)16-14-20)29-30-24(9-6-11-26(30)35)34(3)25-10-7-12-27(36)31(25)29/h4,13-18,29H,1,5-12,19H2,2-3H3. The number of allylic oxidation sites excluding steroid dienone is 5. The van der Waals surface area contributed by atoms with Crippen LogP contribution in [0.15, 0.2) is 71.6 Å². The van der Waals surface area contributed by atoms with Crippen molar-refractivity contribution >= 4 is 23.2 Å². The van der Waals surface area contributed by atoms with E-state index in [1.807, 2.05) is 50.4 Å². The van der Waals surface area contributed by atoms with Crippen molar-refractivity contribution in [3.8, 4) is 11.5 Å². The topological polar surface area (TPSA) is 55.8 Å². The molecule has 1 heterocycles. The normalized spacial score (nSPS) is 17.9. The number of ketones is 2. The molecule has 0 bridgehead atoms. The van der Waals surface area contributed by atoms with Gasteiger partial charge in [-0.05, 0) is 68.4 Å². The van der Waals surface area contributed by atoms with Crippen LogP contribution in [0.1, 0.15) is 68.1 Å². The average molecular weight is 532 g/mol. The monoisotopic (exact) mass is 531 g/mol. The predicted molar refractivity (Wildman–Crippen MR) is 150 cm³/mol. The second kappa shape index (κ2) is 11.2. The lowest BCUT2D eigenvalue weighted by Gasteiger charge is -2.42. The van der Waals surface area contributed by atoms with E-state index in [2.05, 4.69) is 17.5 Å². The van der Waals surface area contributed by atoms with Gasteiger partial charge in [0.25, 0.3) is 0 Å². The number of carbonyl (C=O) groups is 2. The molecular weight excluding hydrogens is 498 g/mol. The van der Waals surface area contributed by atoms with Crippen LogP contribution in [-0.2, 0) is 22.6 Å². The molecule has 0 spiro atoms. The molecule has 0 unspecified atom stereocenters. The number of rotatable bonds is 8. The molecule has 1 aliphatic heterocycles. The number of benzene rings is 2. The molecule has 2 aromatic carbocycles. The van der Waals surface area contributed by atoms with Gasteiger partial charge >= 0.3 is 0 Å². The lowest BCUT2D eigenvalue weighted by molar-refractivity contribution is -0.117. The Morgan fingerprint density at radius 1 is 0.974 bits per heavy atom. The molecule has 5 nitrogen and oxygen atoms in total. The molecule has 3 aliphatic rings. The molecule has 0 atom stereocenters. The number of Topliss-reactive ketones (excluding diaryl/α,β-unsaturated/α-hetero) is 2. The number of carbonyl (C=O) groups excluding carboxylic acids is 2. The highest BCUT2D eigenvalue weighted by molar-refractivity contribution is 6.30. The van der Waals surface area contributed by atoms with Crippen LogP contribution in [0, 0.1) is 0 Å². The SMILES string of the molecule is C=CCc1cc(C2C3=C(CCCC3=O)N(C)C3=C2C(=O)CCC3)cc(OCC)c1OCc1ccc(Cl)cc1. The number of nitrogens with zero attached hydrogens (tertiary/aromatic N) is 1. The summed E-state index contributed by atoms with van der Waals surface area (Å²) in [5, 5.41) is 0.676. The first-order chi connectivity index (χ1) is 18.4. The summed E-state index contributed by atoms with van der Waals surface area (Å²) in [7, 11) is 2.01. The molecule has 0 saturated carbocycles. The van der Waals surface area contributed by atoms with Gasteiger partial charge in [-0.2, -0.15) is 0 Å². The summed E-state index contributed by atoms with van der Waals surface area (Å²) in [6.45, 7) is 6.72. The van der Waals surface area contributed by atoms with Gasteiger partial charge < -0.3 is 14.4 Å². The second-order valence-electron chi connectivity index (χ2n) is 10.1. The molecule has 0 saturated heterocycles. The lowest BCUT2D eigenvalue weighted by atomic mass is 9.71. The molecule has 198 valence electrons. The second-order valence-corrected chi connectivity index (χ2v) is 10.6. The highest BCUT2D eigenvalue weighted by atomic mass is 35.5. The third-order valence-electron chi connectivity index (χ3n) is 7.69. The van der Waals surface area contributed by atoms with Crippen LogP contribution in [0.25, 0.3) is 0 Å². The molecule has 38 heavy (non-hydrogen) atoms. The van der Waals surface area contributed by atoms with Crippen molar-refractivity contribution in [2.45, 2.75) is 64.4 Å². The molecule has 0 amide bonds. The van der Waals surface area contributed by atoms with Crippen molar-refractivity contribution in [2.24, 2.45) is 0 Å². The van der Waals surface area contributed by atoms with Gasteiger partial charge in [0.05, 0.1) is 6.61 Å². The largest absolute Gasteiger partial charge is 0.490 e. The Kier molecular flexibility index (Phi) is 7.75. The molecule has 0 fully saturated rings. The van der Waals surface area contributed by atoms with Crippen LogP contribution in [-0.4, -0.2) is 30.1 Å². The van der Waals surface area contributed by atoms with E-state index in [0.717, 1.165) is 64.9 Å². The molecule has 2 aliphatic carbocycles. The Hall–Kier alpha value is -3.31. The zero-order chi connectivity index (χ0) is 26.8. The molecular formula is C32H34ClNO4. The van der Waals surface area contributed by atoms with Gasteiger partial charge in [-0.1, -0.05) is 35.9 Å². The summed E-state index contributed by atoms with van der Waals surface area (Å²) >= 11 is 6.05. The van der Waals surface area contributed by atoms with Crippen LogP contribution in [0.3, 0.4) is 0 Å². The summed E-state index contributed by atoms with van der Waals surface area (Å²) in [6, 6.07) is 11.6. The van der Waals surface area contributed by atoms with Crippen molar-refractivity contribution in [1.82, 2.24) is 4.90 Å². The Labute approximate surface area is 229 Å². The molecule has 0 N–H and O–H groups in total. The molecule has 0 aromatic heterocycles. The van der Waals surface area contributed by atoms with Gasteiger partial charge in [0.15, 0.2) is 23.1 Å². The van der Waals surface area contributed by atoms with E-state index in [9.17, 15) is 9.59 Å². The van der Waals surface area contributed by atoms with Crippen LogP contribution < -0.4 is 9.47 Å². The fourth-order valence-electron chi connectivity index (χ4n) is 6.01. The fourth-order valence-corrected chi connectivity index (χ4v) is 6.13. The summed E-state index contributed by atoms with van der Waals surface area (Å²) < 4.78 is 12.4. The maximum Gasteiger partial charge on any atom is 0.165 e. The van der Waals surface area contributed by atoms with Crippen LogP contribution >= 0.6 is 11.6 Å². The van der Waals surface area contributed by atoms with Gasteiger partial charge in [-0.15, -0.1) is 6.58 Å². The van der Waals surface area contributed by atoms with Crippen molar-refractivity contribution < 1.29 is 19.1 Å². The lowest BCUT2D eigenvalue weighted by Crippen LogP contribution is -2.37. The summed E-state index contributed by atoms with van der Waals surface area (Å²) in [6.07, 6.45) is 6.81. The van der Waals surface area contributed by atoms with Crippen molar-refractivity contribution in [2.75, 3.05) is 13.7 Å². The van der Waals surface area contributed by atoms with Gasteiger partial charge in [0.2, 0.25) is 0 Å². The van der Waals surface area contributed by atoms with Gasteiger partial charge in [0.1, 0.15) is 6.61 Å². The Morgan fingerprint density at radius 3 is 2.18 bits per heavy atom. The van der Waals surface area contributed by atoms with E-state index in [0.29, 0.717) is 49.0 Å². The Bertz CT molecular complexity index is 1290. The van der Waals surface area contributed by atoms with Crippen LogP contribution in [0.5, 0.6) is 11.5 Å². The summed E-state index contributed by atoms with van der Waals surface area (Å²) in [5.74, 6) is 1.17. The van der Waals surface area contributed by atoms with Crippen molar-refractivity contribution in [3.05, 3.63) is 93.3 Å². The number of halogens is 1. The highest BCUT2D eigenvalue weighted by Gasteiger charge is 2.42. The minimum absolute atomic E-state index is 0.138. The summed E-state index contributed by atoms with van der Waals surface area (Å²) in [4.78, 5) is 29.0. The first-order valence-electron chi connectivity index (χ1n) is 13.5. The number of ether oxygens (including phenoxy) is 2. The van der Waals surface area contributed by atoms with E-state index in [-0.39, 0.29) is 17.5 Å². The van der Waals surface area contributed by atoms with E-state index in [1.54, 1.807) is 0 Å². The number of hydrogen-bond donors (Lipinski definition) is 0. The smallest absolute Gasteiger partial charge is 0.165 e.